The first-order chi connectivity index (χ1) is 16.5. The molecule has 1 heterocycles. The maximum atomic E-state index is 13.1. The number of hydrogen-bond donors (Lipinski definition) is 1. The molecule has 3 aromatic rings. The maximum Gasteiger partial charge on any atom is 0.335 e. The fourth-order valence-corrected chi connectivity index (χ4v) is 5.37. The van der Waals surface area contributed by atoms with Crippen LogP contribution in [-0.2, 0) is 15.6 Å². The number of carboxylic acid groups (broad SMARTS) is 1. The average molecular weight is 467 g/mol. The van der Waals surface area contributed by atoms with Crippen LogP contribution in [0.3, 0.4) is 0 Å². The lowest BCUT2D eigenvalue weighted by atomic mass is 9.62. The van der Waals surface area contributed by atoms with E-state index < -0.39 is 5.97 Å². The van der Waals surface area contributed by atoms with Crippen molar-refractivity contribution >= 4 is 34.7 Å². The second kappa shape index (κ2) is 7.91. The molecule has 1 N–H and O–H groups in total. The molecule has 0 atom stereocenters. The van der Waals surface area contributed by atoms with Gasteiger partial charge in [0, 0.05) is 18.1 Å². The second-order valence-electron chi connectivity index (χ2n) is 10.9. The normalized spacial score (nSPS) is 17.4. The Hall–Kier alpha value is -3.73. The Balaban J connectivity index is 1.86. The number of carboxylic acids is 1. The topological polar surface area (TPSA) is 70.0 Å². The number of rotatable bonds is 2. The molecule has 1 amide bonds. The lowest BCUT2D eigenvalue weighted by molar-refractivity contribution is -0.115. The number of aliphatic imine (C=N–C) groups is 1. The molecule has 0 aromatic heterocycles. The Morgan fingerprint density at radius 1 is 0.857 bits per heavy atom. The average Bonchev–Trinajstić information content (AvgIpc) is 2.95. The first-order valence-corrected chi connectivity index (χ1v) is 12.0. The third kappa shape index (κ3) is 3.75. The Bertz CT molecular complexity index is 1400. The number of aromatic carboxylic acids is 1. The number of benzene rings is 3. The zero-order chi connectivity index (χ0) is 25.1. The molecule has 0 spiro atoms. The van der Waals surface area contributed by atoms with Crippen LogP contribution in [0.4, 0.5) is 17.1 Å². The molecule has 0 bridgehead atoms. The Kier molecular flexibility index (Phi) is 5.20. The lowest BCUT2D eigenvalue weighted by Gasteiger charge is -2.43. The molecule has 3 aromatic carbocycles. The first-order valence-electron chi connectivity index (χ1n) is 12.0. The van der Waals surface area contributed by atoms with Crippen LogP contribution in [0.15, 0.2) is 65.7 Å². The number of anilines is 2. The van der Waals surface area contributed by atoms with E-state index in [1.54, 1.807) is 36.1 Å². The lowest BCUT2D eigenvalue weighted by Crippen LogP contribution is -2.35. The van der Waals surface area contributed by atoms with E-state index in [2.05, 4.69) is 39.8 Å². The van der Waals surface area contributed by atoms with E-state index in [-0.39, 0.29) is 22.3 Å². The van der Waals surface area contributed by atoms with E-state index in [1.165, 1.54) is 11.1 Å². The molecule has 2 aliphatic rings. The predicted octanol–water partition coefficient (Wildman–Crippen LogP) is 6.90. The molecule has 0 radical (unpaired) electrons. The van der Waals surface area contributed by atoms with Crippen molar-refractivity contribution in [1.82, 2.24) is 0 Å². The van der Waals surface area contributed by atoms with Crippen molar-refractivity contribution in [2.24, 2.45) is 4.99 Å². The molecule has 1 aliphatic heterocycles. The van der Waals surface area contributed by atoms with Crippen molar-refractivity contribution in [1.29, 1.82) is 0 Å². The Labute approximate surface area is 206 Å². The van der Waals surface area contributed by atoms with Crippen molar-refractivity contribution in [3.8, 4) is 0 Å². The van der Waals surface area contributed by atoms with E-state index in [4.69, 9.17) is 4.99 Å². The Morgan fingerprint density at radius 3 is 2.06 bits per heavy atom. The molecule has 1 aliphatic carbocycles. The molecular formula is C30H30N2O3. The summed E-state index contributed by atoms with van der Waals surface area (Å²) in [5.41, 5.74) is 7.40. The van der Waals surface area contributed by atoms with Crippen molar-refractivity contribution in [3.05, 3.63) is 88.5 Å². The minimum absolute atomic E-state index is 0.0155. The van der Waals surface area contributed by atoms with Gasteiger partial charge in [-0.15, -0.1) is 0 Å². The van der Waals surface area contributed by atoms with Crippen molar-refractivity contribution in [2.75, 3.05) is 4.90 Å². The van der Waals surface area contributed by atoms with Gasteiger partial charge in [0.2, 0.25) is 5.91 Å². The van der Waals surface area contributed by atoms with Crippen LogP contribution >= 0.6 is 0 Å². The van der Waals surface area contributed by atoms with Gasteiger partial charge in [0.25, 0.3) is 0 Å². The Morgan fingerprint density at radius 2 is 1.46 bits per heavy atom. The molecule has 0 saturated carbocycles. The van der Waals surface area contributed by atoms with Crippen LogP contribution in [0.2, 0.25) is 0 Å². The van der Waals surface area contributed by atoms with Crippen LogP contribution in [0, 0.1) is 0 Å². The number of amides is 1. The molecule has 0 unspecified atom stereocenters. The summed E-state index contributed by atoms with van der Waals surface area (Å²) in [6, 6.07) is 18.9. The van der Waals surface area contributed by atoms with Gasteiger partial charge in [-0.3, -0.25) is 9.69 Å². The monoisotopic (exact) mass is 466 g/mol. The molecule has 178 valence electrons. The maximum absolute atomic E-state index is 13.1. The van der Waals surface area contributed by atoms with Gasteiger partial charge in [-0.1, -0.05) is 52.0 Å². The first kappa shape index (κ1) is 23.0. The molecule has 5 rings (SSSR count). The summed E-state index contributed by atoms with van der Waals surface area (Å²) in [5, 5.41) is 9.38. The third-order valence-corrected chi connectivity index (χ3v) is 7.54. The number of hydrogen-bond acceptors (Lipinski definition) is 3. The van der Waals surface area contributed by atoms with Crippen LogP contribution < -0.4 is 4.90 Å². The van der Waals surface area contributed by atoms with Crippen LogP contribution in [-0.4, -0.2) is 22.7 Å². The fraction of sp³-hybridized carbons (Fsp3) is 0.300. The number of nitrogens with zero attached hydrogens (tertiary/aromatic N) is 2. The smallest absolute Gasteiger partial charge is 0.335 e. The molecule has 0 saturated heterocycles. The van der Waals surface area contributed by atoms with E-state index >= 15 is 0 Å². The highest BCUT2D eigenvalue weighted by Crippen LogP contribution is 2.50. The minimum atomic E-state index is -0.967. The minimum Gasteiger partial charge on any atom is -0.478 e. The summed E-state index contributed by atoms with van der Waals surface area (Å²) in [6.45, 7) is 10.7. The number of carbonyl (C=O) groups excluding carboxylic acids is 1. The van der Waals surface area contributed by atoms with Gasteiger partial charge < -0.3 is 5.11 Å². The zero-order valence-corrected chi connectivity index (χ0v) is 20.8. The summed E-state index contributed by atoms with van der Waals surface area (Å²) in [4.78, 5) is 31.4. The largest absolute Gasteiger partial charge is 0.478 e. The summed E-state index contributed by atoms with van der Waals surface area (Å²) in [7, 11) is 0. The van der Waals surface area contributed by atoms with Crippen molar-refractivity contribution < 1.29 is 14.7 Å². The third-order valence-electron chi connectivity index (χ3n) is 7.54. The van der Waals surface area contributed by atoms with E-state index in [0.717, 1.165) is 41.1 Å². The SMILES string of the molecule is CC(=O)N1c2ccccc2N=C(c2ccc(C(=O)O)cc2)c2cc3c(cc21)C(C)(C)CCC3(C)C. The van der Waals surface area contributed by atoms with Gasteiger partial charge in [-0.2, -0.15) is 0 Å². The standard InChI is InChI=1S/C30H30N2O3/c1-18(33)32-25-9-7-6-8-24(25)31-27(19-10-12-20(13-11-19)28(34)35)21-16-22-23(17-26(21)32)30(4,5)15-14-29(22,2)3/h6-13,16-17H,14-15H2,1-5H3,(H,34,35). The van der Waals surface area contributed by atoms with Gasteiger partial charge in [-0.25, -0.2) is 9.79 Å². The predicted molar refractivity (Wildman–Crippen MR) is 140 cm³/mol. The summed E-state index contributed by atoms with van der Waals surface area (Å²) in [6.07, 6.45) is 2.14. The van der Waals surface area contributed by atoms with E-state index in [9.17, 15) is 14.7 Å². The van der Waals surface area contributed by atoms with Gasteiger partial charge in [0.15, 0.2) is 0 Å². The van der Waals surface area contributed by atoms with Gasteiger partial charge >= 0.3 is 5.97 Å². The number of fused-ring (bicyclic) bond motifs is 3. The van der Waals surface area contributed by atoms with Crippen LogP contribution in [0.1, 0.15) is 80.1 Å². The number of carbonyl (C=O) groups is 2. The molecule has 35 heavy (non-hydrogen) atoms. The van der Waals surface area contributed by atoms with E-state index in [1.807, 2.05) is 24.3 Å². The highest BCUT2D eigenvalue weighted by molar-refractivity contribution is 6.21. The molecular weight excluding hydrogens is 436 g/mol. The highest BCUT2D eigenvalue weighted by atomic mass is 16.4. The molecule has 5 nitrogen and oxygen atoms in total. The molecule has 0 fully saturated rings. The second-order valence-corrected chi connectivity index (χ2v) is 10.9. The van der Waals surface area contributed by atoms with E-state index in [0.29, 0.717) is 5.69 Å². The highest BCUT2D eigenvalue weighted by Gasteiger charge is 2.39. The van der Waals surface area contributed by atoms with Gasteiger partial charge in [0.1, 0.15) is 0 Å². The van der Waals surface area contributed by atoms with Gasteiger partial charge in [0.05, 0.1) is 28.3 Å². The van der Waals surface area contributed by atoms with Gasteiger partial charge in [-0.05, 0) is 71.2 Å². The summed E-state index contributed by atoms with van der Waals surface area (Å²) >= 11 is 0. The quantitative estimate of drug-likeness (QED) is 0.446. The summed E-state index contributed by atoms with van der Waals surface area (Å²) < 4.78 is 0. The molecule has 5 heteroatoms. The van der Waals surface area contributed by atoms with Crippen LogP contribution in [0.25, 0.3) is 0 Å². The van der Waals surface area contributed by atoms with Crippen LogP contribution in [0.5, 0.6) is 0 Å². The zero-order valence-electron chi connectivity index (χ0n) is 20.8. The van der Waals surface area contributed by atoms with Crippen molar-refractivity contribution in [3.63, 3.8) is 0 Å². The fourth-order valence-electron chi connectivity index (χ4n) is 5.37. The van der Waals surface area contributed by atoms with Crippen molar-refractivity contribution in [2.45, 2.75) is 58.3 Å². The number of para-hydroxylation sites is 2. The summed E-state index contributed by atoms with van der Waals surface area (Å²) in [5.74, 6) is -1.05.